The van der Waals surface area contributed by atoms with Gasteiger partial charge in [-0.1, -0.05) is 56.3 Å². The number of aliphatic imine (C=N–C) groups is 1. The van der Waals surface area contributed by atoms with E-state index in [1.807, 2.05) is 36.4 Å². The van der Waals surface area contributed by atoms with Crippen LogP contribution >= 0.6 is 0 Å². The van der Waals surface area contributed by atoms with Crippen molar-refractivity contribution in [2.75, 3.05) is 0 Å². The second-order valence-electron chi connectivity index (χ2n) is 9.41. The topological polar surface area (TPSA) is 63.9 Å². The van der Waals surface area contributed by atoms with E-state index >= 15 is 0 Å². The van der Waals surface area contributed by atoms with Crippen molar-refractivity contribution < 1.29 is 14.6 Å². The predicted octanol–water partition coefficient (Wildman–Crippen LogP) is 6.20. The van der Waals surface area contributed by atoms with E-state index in [1.165, 1.54) is 11.1 Å². The summed E-state index contributed by atoms with van der Waals surface area (Å²) < 4.78 is 12.5. The number of fused-ring (bicyclic) bond motifs is 4. The number of hydrogen-bond acceptors (Lipinski definition) is 5. The van der Waals surface area contributed by atoms with Crippen LogP contribution in [0.4, 0.5) is 0 Å². The van der Waals surface area contributed by atoms with Gasteiger partial charge in [-0.15, -0.1) is 0 Å². The summed E-state index contributed by atoms with van der Waals surface area (Å²) in [5, 5.41) is 11.0. The average molecular weight is 437 g/mol. The van der Waals surface area contributed by atoms with Crippen LogP contribution in [0.2, 0.25) is 0 Å². The summed E-state index contributed by atoms with van der Waals surface area (Å²) in [6.07, 6.45) is 0.966. The number of aromatic hydroxyl groups is 1. The molecule has 2 aliphatic rings. The molecule has 6 rings (SSSR count). The van der Waals surface area contributed by atoms with Gasteiger partial charge >= 0.3 is 0 Å². The standard InChI is InChI=1S/C28H24N2O3/c1-28(2)16-19-7-3-4-11-21(19)25-26(28)33-27(30-25)18-9-5-10-20(15-18)32-23-14-13-17-8-6-12-22(31)24(17)29-23/h3-15,25-26,31H,16H2,1-2H3/t25-,26+/m0/s1. The van der Waals surface area contributed by atoms with Gasteiger partial charge in [-0.05, 0) is 47.9 Å². The normalized spacial score (nSPS) is 20.5. The van der Waals surface area contributed by atoms with Gasteiger partial charge in [-0.2, -0.15) is 0 Å². The van der Waals surface area contributed by atoms with Gasteiger partial charge < -0.3 is 14.6 Å². The smallest absolute Gasteiger partial charge is 0.219 e. The van der Waals surface area contributed by atoms with Crippen LogP contribution in [0.25, 0.3) is 10.9 Å². The Kier molecular flexibility index (Phi) is 4.40. The Balaban J connectivity index is 1.31. The first-order valence-electron chi connectivity index (χ1n) is 11.2. The third-order valence-corrected chi connectivity index (χ3v) is 6.55. The van der Waals surface area contributed by atoms with E-state index < -0.39 is 0 Å². The van der Waals surface area contributed by atoms with Gasteiger partial charge in [0.2, 0.25) is 11.8 Å². The van der Waals surface area contributed by atoms with Crippen molar-refractivity contribution in [2.45, 2.75) is 32.4 Å². The van der Waals surface area contributed by atoms with Gasteiger partial charge in [0.15, 0.2) is 0 Å². The van der Waals surface area contributed by atoms with Crippen molar-refractivity contribution >= 4 is 16.8 Å². The molecule has 0 spiro atoms. The Labute approximate surface area is 192 Å². The van der Waals surface area contributed by atoms with Crippen molar-refractivity contribution in [2.24, 2.45) is 10.4 Å². The fourth-order valence-corrected chi connectivity index (χ4v) is 4.93. The average Bonchev–Trinajstić information content (AvgIpc) is 3.27. The Morgan fingerprint density at radius 3 is 2.73 bits per heavy atom. The lowest BCUT2D eigenvalue weighted by atomic mass is 9.70. The molecule has 1 aromatic heterocycles. The molecule has 1 aliphatic carbocycles. The number of rotatable bonds is 3. The molecular formula is C28H24N2O3. The maximum atomic E-state index is 10.1. The van der Waals surface area contributed by atoms with Crippen LogP contribution in [-0.4, -0.2) is 22.1 Å². The Hall–Kier alpha value is -3.86. The van der Waals surface area contributed by atoms with E-state index in [-0.39, 0.29) is 23.3 Å². The van der Waals surface area contributed by atoms with Crippen LogP contribution in [0.15, 0.2) is 83.9 Å². The fourth-order valence-electron chi connectivity index (χ4n) is 4.93. The molecule has 0 fully saturated rings. The molecule has 0 radical (unpaired) electrons. The SMILES string of the molecule is CC1(C)Cc2ccccc2[C@@H]2N=C(c3cccc(Oc4ccc5cccc(O)c5n4)c3)O[C@H]21. The van der Waals surface area contributed by atoms with Crippen LogP contribution < -0.4 is 4.74 Å². The highest BCUT2D eigenvalue weighted by Crippen LogP contribution is 2.48. The lowest BCUT2D eigenvalue weighted by Gasteiger charge is -2.39. The van der Waals surface area contributed by atoms with Crippen LogP contribution in [-0.2, 0) is 11.2 Å². The second kappa shape index (κ2) is 7.34. The molecule has 0 unspecified atom stereocenters. The van der Waals surface area contributed by atoms with Crippen LogP contribution in [0.1, 0.15) is 36.6 Å². The zero-order valence-corrected chi connectivity index (χ0v) is 18.5. The van der Waals surface area contributed by atoms with Crippen molar-refractivity contribution in [1.29, 1.82) is 0 Å². The minimum absolute atomic E-state index is 0.00268. The summed E-state index contributed by atoms with van der Waals surface area (Å²) >= 11 is 0. The molecular weight excluding hydrogens is 412 g/mol. The molecule has 1 N–H and O–H groups in total. The zero-order valence-electron chi connectivity index (χ0n) is 18.5. The first-order valence-corrected chi connectivity index (χ1v) is 11.2. The van der Waals surface area contributed by atoms with Gasteiger partial charge in [0, 0.05) is 22.4 Å². The summed E-state index contributed by atoms with van der Waals surface area (Å²) in [5.74, 6) is 1.82. The van der Waals surface area contributed by atoms with E-state index in [9.17, 15) is 5.11 Å². The number of phenols is 1. The highest BCUT2D eigenvalue weighted by atomic mass is 16.5. The monoisotopic (exact) mass is 436 g/mol. The number of phenolic OH excluding ortho intramolecular Hbond substituents is 1. The van der Waals surface area contributed by atoms with E-state index in [4.69, 9.17) is 14.5 Å². The Morgan fingerprint density at radius 1 is 0.970 bits per heavy atom. The van der Waals surface area contributed by atoms with Gasteiger partial charge in [0.05, 0.1) is 0 Å². The number of pyridine rings is 1. The summed E-state index contributed by atoms with van der Waals surface area (Å²) in [6.45, 7) is 4.50. The minimum Gasteiger partial charge on any atom is -0.506 e. The van der Waals surface area contributed by atoms with Crippen LogP contribution in [0, 0.1) is 5.41 Å². The van der Waals surface area contributed by atoms with E-state index in [1.54, 1.807) is 18.2 Å². The van der Waals surface area contributed by atoms with Gasteiger partial charge in [-0.25, -0.2) is 9.98 Å². The first-order chi connectivity index (χ1) is 16.0. The van der Waals surface area contributed by atoms with E-state index in [0.717, 1.165) is 17.4 Å². The van der Waals surface area contributed by atoms with E-state index in [2.05, 4.69) is 43.1 Å². The van der Waals surface area contributed by atoms with Crippen molar-refractivity contribution in [3.63, 3.8) is 0 Å². The maximum absolute atomic E-state index is 10.1. The molecule has 5 nitrogen and oxygen atoms in total. The highest BCUT2D eigenvalue weighted by Gasteiger charge is 2.47. The van der Waals surface area contributed by atoms with Gasteiger partial charge in [0.25, 0.3) is 0 Å². The Morgan fingerprint density at radius 2 is 1.82 bits per heavy atom. The molecule has 33 heavy (non-hydrogen) atoms. The molecule has 2 heterocycles. The zero-order chi connectivity index (χ0) is 22.6. The number of ether oxygens (including phenoxy) is 2. The molecule has 0 amide bonds. The number of hydrogen-bond donors (Lipinski definition) is 1. The molecule has 2 atom stereocenters. The first kappa shape index (κ1) is 19.8. The molecule has 164 valence electrons. The summed E-state index contributed by atoms with van der Waals surface area (Å²) in [5.41, 5.74) is 3.97. The molecule has 4 aromatic rings. The fraction of sp³-hybridized carbons (Fsp3) is 0.214. The van der Waals surface area contributed by atoms with E-state index in [0.29, 0.717) is 23.0 Å². The van der Waals surface area contributed by atoms with Crippen molar-refractivity contribution in [3.05, 3.63) is 95.6 Å². The lowest BCUT2D eigenvalue weighted by Crippen LogP contribution is -2.40. The summed E-state index contributed by atoms with van der Waals surface area (Å²) in [4.78, 5) is 9.47. The molecule has 1 aliphatic heterocycles. The largest absolute Gasteiger partial charge is 0.506 e. The van der Waals surface area contributed by atoms with Crippen LogP contribution in [0.5, 0.6) is 17.4 Å². The maximum Gasteiger partial charge on any atom is 0.219 e. The molecule has 3 aromatic carbocycles. The number of aromatic nitrogens is 1. The molecule has 0 bridgehead atoms. The quantitative estimate of drug-likeness (QED) is 0.415. The molecule has 0 saturated heterocycles. The molecule has 0 saturated carbocycles. The predicted molar refractivity (Wildman–Crippen MR) is 128 cm³/mol. The highest BCUT2D eigenvalue weighted by molar-refractivity contribution is 5.96. The Bertz CT molecular complexity index is 1410. The van der Waals surface area contributed by atoms with Crippen LogP contribution in [0.3, 0.4) is 0 Å². The third-order valence-electron chi connectivity index (χ3n) is 6.55. The summed E-state index contributed by atoms with van der Waals surface area (Å²) in [6, 6.07) is 25.2. The van der Waals surface area contributed by atoms with Gasteiger partial charge in [-0.3, -0.25) is 0 Å². The van der Waals surface area contributed by atoms with Gasteiger partial charge in [0.1, 0.15) is 29.2 Å². The second-order valence-corrected chi connectivity index (χ2v) is 9.41. The third kappa shape index (κ3) is 3.41. The van der Waals surface area contributed by atoms with Crippen molar-refractivity contribution in [1.82, 2.24) is 4.98 Å². The minimum atomic E-state index is -0.0185. The number of nitrogens with zero attached hydrogens (tertiary/aromatic N) is 2. The summed E-state index contributed by atoms with van der Waals surface area (Å²) in [7, 11) is 0. The number of para-hydroxylation sites is 1. The van der Waals surface area contributed by atoms with Crippen molar-refractivity contribution in [3.8, 4) is 17.4 Å². The molecule has 5 heteroatoms. The lowest BCUT2D eigenvalue weighted by molar-refractivity contribution is 0.0537. The number of benzene rings is 3.